The molecule has 0 bridgehead atoms. The number of amides is 1. The number of carboxylic acid groups (broad SMARTS) is 1. The molecule has 4 nitrogen and oxygen atoms in total. The summed E-state index contributed by atoms with van der Waals surface area (Å²) in [4.78, 5) is 12.9. The Morgan fingerprint density at radius 2 is 2.15 bits per heavy atom. The maximum absolute atomic E-state index is 11.4. The second-order valence-electron chi connectivity index (χ2n) is 4.99. The van der Waals surface area contributed by atoms with Crippen LogP contribution in [0.25, 0.3) is 0 Å². The van der Waals surface area contributed by atoms with Crippen LogP contribution in [0, 0.1) is 12.3 Å². The van der Waals surface area contributed by atoms with Gasteiger partial charge in [0.25, 0.3) is 0 Å². The van der Waals surface area contributed by atoms with Crippen molar-refractivity contribution in [2.75, 3.05) is 13.2 Å². The van der Waals surface area contributed by atoms with Crippen LogP contribution in [0.5, 0.6) is 0 Å². The first-order chi connectivity index (χ1) is 9.70. The maximum atomic E-state index is 11.4. The van der Waals surface area contributed by atoms with Gasteiger partial charge in [-0.3, -0.25) is 0 Å². The van der Waals surface area contributed by atoms with Crippen molar-refractivity contribution in [2.45, 2.75) is 31.4 Å². The highest BCUT2D eigenvalue weighted by Crippen LogP contribution is 2.22. The van der Waals surface area contributed by atoms with Crippen molar-refractivity contribution in [3.8, 4) is 12.3 Å². The molecule has 1 N–H and O–H groups in total. The van der Waals surface area contributed by atoms with Crippen LogP contribution in [-0.4, -0.2) is 41.4 Å². The molecule has 4 heteroatoms. The van der Waals surface area contributed by atoms with Crippen LogP contribution in [0.3, 0.4) is 0 Å². The zero-order chi connectivity index (χ0) is 14.4. The monoisotopic (exact) mass is 273 g/mol. The minimum Gasteiger partial charge on any atom is -0.465 e. The normalized spacial score (nSPS) is 22.2. The zero-order valence-corrected chi connectivity index (χ0v) is 11.4. The molecule has 106 valence electrons. The lowest BCUT2D eigenvalue weighted by Gasteiger charge is -2.37. The molecule has 1 aliphatic heterocycles. The highest BCUT2D eigenvalue weighted by atomic mass is 16.5. The van der Waals surface area contributed by atoms with Gasteiger partial charge in [0.05, 0.1) is 12.6 Å². The molecule has 2 rings (SSSR count). The first-order valence-electron chi connectivity index (χ1n) is 6.79. The second kappa shape index (κ2) is 6.97. The fraction of sp³-hybridized carbons (Fsp3) is 0.438. The van der Waals surface area contributed by atoms with Gasteiger partial charge >= 0.3 is 6.09 Å². The van der Waals surface area contributed by atoms with Gasteiger partial charge in [0.2, 0.25) is 0 Å². The van der Waals surface area contributed by atoms with E-state index in [2.05, 4.69) is 5.92 Å². The molecule has 0 aliphatic carbocycles. The van der Waals surface area contributed by atoms with E-state index in [1.165, 1.54) is 4.90 Å². The Labute approximate surface area is 119 Å². The van der Waals surface area contributed by atoms with E-state index in [1.54, 1.807) is 0 Å². The van der Waals surface area contributed by atoms with Crippen molar-refractivity contribution in [3.63, 3.8) is 0 Å². The number of hydrogen-bond acceptors (Lipinski definition) is 2. The number of piperidine rings is 1. The summed E-state index contributed by atoms with van der Waals surface area (Å²) in [6.07, 6.45) is 6.58. The number of nitrogens with zero attached hydrogens (tertiary/aromatic N) is 1. The Bertz CT molecular complexity index is 480. The fourth-order valence-corrected chi connectivity index (χ4v) is 2.63. The summed E-state index contributed by atoms with van der Waals surface area (Å²) in [6.45, 7) is 0.635. The van der Waals surface area contributed by atoms with Crippen LogP contribution in [-0.2, 0) is 11.2 Å². The van der Waals surface area contributed by atoms with Crippen molar-refractivity contribution >= 4 is 6.09 Å². The Morgan fingerprint density at radius 3 is 2.80 bits per heavy atom. The van der Waals surface area contributed by atoms with E-state index in [4.69, 9.17) is 11.2 Å². The Hall–Kier alpha value is -1.99. The van der Waals surface area contributed by atoms with E-state index in [9.17, 15) is 9.90 Å². The third kappa shape index (κ3) is 3.75. The van der Waals surface area contributed by atoms with Gasteiger partial charge in [0.15, 0.2) is 0 Å². The van der Waals surface area contributed by atoms with Gasteiger partial charge in [0.1, 0.15) is 6.61 Å². The van der Waals surface area contributed by atoms with E-state index >= 15 is 0 Å². The lowest BCUT2D eigenvalue weighted by Crippen LogP contribution is -2.49. The van der Waals surface area contributed by atoms with Crippen molar-refractivity contribution in [2.24, 2.45) is 0 Å². The number of likely N-dealkylation sites (tertiary alicyclic amines) is 1. The maximum Gasteiger partial charge on any atom is 0.407 e. The summed E-state index contributed by atoms with van der Waals surface area (Å²) >= 11 is 0. The standard InChI is InChI=1S/C16H19NO3/c1-2-10-20-15-9-8-14(17(12-15)16(18)19)11-13-6-4-3-5-7-13/h1,3-7,14-15H,8-12H2,(H,18,19)/t14-,15-/m1/s1. The van der Waals surface area contributed by atoms with Crippen LogP contribution >= 0.6 is 0 Å². The van der Waals surface area contributed by atoms with Crippen molar-refractivity contribution in [1.82, 2.24) is 4.90 Å². The van der Waals surface area contributed by atoms with Crippen LogP contribution in [0.2, 0.25) is 0 Å². The minimum absolute atomic E-state index is 0.0144. The van der Waals surface area contributed by atoms with Gasteiger partial charge in [-0.05, 0) is 24.8 Å². The molecule has 1 aromatic carbocycles. The number of rotatable bonds is 4. The fourth-order valence-electron chi connectivity index (χ4n) is 2.63. The molecular weight excluding hydrogens is 254 g/mol. The minimum atomic E-state index is -0.889. The van der Waals surface area contributed by atoms with E-state index in [-0.39, 0.29) is 18.8 Å². The number of hydrogen-bond donors (Lipinski definition) is 1. The summed E-state index contributed by atoms with van der Waals surface area (Å²) in [5, 5.41) is 9.36. The summed E-state index contributed by atoms with van der Waals surface area (Å²) in [5.41, 5.74) is 1.16. The number of carbonyl (C=O) groups is 1. The topological polar surface area (TPSA) is 49.8 Å². The Morgan fingerprint density at radius 1 is 1.40 bits per heavy atom. The smallest absolute Gasteiger partial charge is 0.407 e. The molecule has 1 heterocycles. The van der Waals surface area contributed by atoms with Gasteiger partial charge in [-0.25, -0.2) is 4.79 Å². The SMILES string of the molecule is C#CCO[C@@H]1CC[C@H](Cc2ccccc2)N(C(=O)O)C1. The van der Waals surface area contributed by atoms with E-state index in [0.717, 1.165) is 24.8 Å². The lowest BCUT2D eigenvalue weighted by molar-refractivity contribution is -0.00130. The average molecular weight is 273 g/mol. The van der Waals surface area contributed by atoms with Crippen LogP contribution < -0.4 is 0 Å². The molecular formula is C16H19NO3. The first kappa shape index (κ1) is 14.4. The summed E-state index contributed by atoms with van der Waals surface area (Å²) in [5.74, 6) is 2.42. The molecule has 1 amide bonds. The Balaban J connectivity index is 1.99. The number of benzene rings is 1. The van der Waals surface area contributed by atoms with Crippen LogP contribution in [0.15, 0.2) is 30.3 Å². The Kier molecular flexibility index (Phi) is 5.03. The van der Waals surface area contributed by atoms with E-state index in [1.807, 2.05) is 30.3 Å². The molecule has 2 atom stereocenters. The molecule has 0 aromatic heterocycles. The lowest BCUT2D eigenvalue weighted by atomic mass is 9.94. The van der Waals surface area contributed by atoms with E-state index < -0.39 is 6.09 Å². The molecule has 0 radical (unpaired) electrons. The third-order valence-electron chi connectivity index (χ3n) is 3.63. The molecule has 1 fully saturated rings. The second-order valence-corrected chi connectivity index (χ2v) is 4.99. The van der Waals surface area contributed by atoms with Crippen LogP contribution in [0.1, 0.15) is 18.4 Å². The summed E-state index contributed by atoms with van der Waals surface area (Å²) in [6, 6.07) is 9.98. The first-order valence-corrected chi connectivity index (χ1v) is 6.79. The quantitative estimate of drug-likeness (QED) is 0.857. The molecule has 1 aliphatic rings. The van der Waals surface area contributed by atoms with Gasteiger partial charge in [-0.1, -0.05) is 36.3 Å². The van der Waals surface area contributed by atoms with Gasteiger partial charge in [-0.15, -0.1) is 6.42 Å². The van der Waals surface area contributed by atoms with Gasteiger partial charge < -0.3 is 14.7 Å². The zero-order valence-electron chi connectivity index (χ0n) is 11.4. The molecule has 1 saturated heterocycles. The molecule has 1 aromatic rings. The summed E-state index contributed by atoms with van der Waals surface area (Å²) < 4.78 is 5.47. The highest BCUT2D eigenvalue weighted by molar-refractivity contribution is 5.65. The highest BCUT2D eigenvalue weighted by Gasteiger charge is 2.31. The van der Waals surface area contributed by atoms with Crippen molar-refractivity contribution < 1.29 is 14.6 Å². The molecule has 0 unspecified atom stereocenters. The molecule has 20 heavy (non-hydrogen) atoms. The van der Waals surface area contributed by atoms with Gasteiger partial charge in [-0.2, -0.15) is 0 Å². The molecule has 0 spiro atoms. The number of ether oxygens (including phenoxy) is 1. The summed E-state index contributed by atoms with van der Waals surface area (Å²) in [7, 11) is 0. The van der Waals surface area contributed by atoms with Crippen molar-refractivity contribution in [1.29, 1.82) is 0 Å². The average Bonchev–Trinajstić information content (AvgIpc) is 2.47. The largest absolute Gasteiger partial charge is 0.465 e. The van der Waals surface area contributed by atoms with E-state index in [0.29, 0.717) is 6.54 Å². The predicted octanol–water partition coefficient (Wildman–Crippen LogP) is 2.39. The van der Waals surface area contributed by atoms with Crippen molar-refractivity contribution in [3.05, 3.63) is 35.9 Å². The molecule has 0 saturated carbocycles. The third-order valence-corrected chi connectivity index (χ3v) is 3.63. The van der Waals surface area contributed by atoms with Gasteiger partial charge in [0, 0.05) is 6.04 Å². The predicted molar refractivity (Wildman–Crippen MR) is 76.5 cm³/mol. The number of terminal acetylenes is 1. The van der Waals surface area contributed by atoms with Crippen LogP contribution in [0.4, 0.5) is 4.79 Å².